The van der Waals surface area contributed by atoms with Gasteiger partial charge in [-0.3, -0.25) is 9.59 Å². The van der Waals surface area contributed by atoms with E-state index in [-0.39, 0.29) is 28.3 Å². The molecule has 4 nitrogen and oxygen atoms in total. The van der Waals surface area contributed by atoms with Crippen LogP contribution >= 0.6 is 0 Å². The molecule has 2 N–H and O–H groups in total. The van der Waals surface area contributed by atoms with E-state index in [2.05, 4.69) is 44.6 Å². The first-order valence-electron chi connectivity index (χ1n) is 7.51. The summed E-state index contributed by atoms with van der Waals surface area (Å²) in [5.74, 6) is -0.225. The summed E-state index contributed by atoms with van der Waals surface area (Å²) in [5.41, 5.74) is -0.0905. The third-order valence-electron chi connectivity index (χ3n) is 2.30. The van der Waals surface area contributed by atoms with Crippen LogP contribution in [-0.2, 0) is 9.59 Å². The first kappa shape index (κ1) is 22.7. The van der Waals surface area contributed by atoms with Crippen LogP contribution in [0, 0.1) is 5.41 Å². The minimum atomic E-state index is -0.163. The molecule has 0 aromatic rings. The van der Waals surface area contributed by atoms with E-state index in [1.165, 1.54) is 12.2 Å². The van der Waals surface area contributed by atoms with E-state index in [4.69, 9.17) is 0 Å². The van der Waals surface area contributed by atoms with Crippen LogP contribution in [0.2, 0.25) is 0 Å². The first-order chi connectivity index (χ1) is 9.62. The second kappa shape index (κ2) is 8.76. The molecule has 0 radical (unpaired) electrons. The Balaban J connectivity index is 0. The van der Waals surface area contributed by atoms with Gasteiger partial charge in [0.15, 0.2) is 0 Å². The molecule has 0 rings (SSSR count). The van der Waals surface area contributed by atoms with Crippen LogP contribution in [0.1, 0.15) is 61.8 Å². The molecule has 0 aromatic carbocycles. The Morgan fingerprint density at radius 2 is 1.18 bits per heavy atom. The van der Waals surface area contributed by atoms with Crippen molar-refractivity contribution in [3.05, 3.63) is 25.3 Å². The van der Waals surface area contributed by atoms with Crippen molar-refractivity contribution >= 4 is 11.8 Å². The van der Waals surface area contributed by atoms with E-state index in [0.717, 1.165) is 6.42 Å². The van der Waals surface area contributed by atoms with Crippen molar-refractivity contribution in [2.24, 2.45) is 5.41 Å². The third-order valence-corrected chi connectivity index (χ3v) is 2.30. The van der Waals surface area contributed by atoms with E-state index in [1.807, 2.05) is 34.6 Å². The molecule has 0 saturated heterocycles. The van der Waals surface area contributed by atoms with Crippen molar-refractivity contribution in [2.45, 2.75) is 72.9 Å². The second-order valence-electron chi connectivity index (χ2n) is 8.26. The Morgan fingerprint density at radius 3 is 1.41 bits per heavy atom. The Kier molecular flexibility index (Phi) is 9.04. The van der Waals surface area contributed by atoms with Crippen LogP contribution in [0.4, 0.5) is 0 Å². The van der Waals surface area contributed by atoms with E-state index in [0.29, 0.717) is 0 Å². The molecule has 0 aliphatic carbocycles. The maximum absolute atomic E-state index is 11.1. The van der Waals surface area contributed by atoms with Crippen molar-refractivity contribution in [1.82, 2.24) is 10.6 Å². The average molecular weight is 310 g/mol. The Morgan fingerprint density at radius 1 is 0.818 bits per heavy atom. The third kappa shape index (κ3) is 16.5. The van der Waals surface area contributed by atoms with Crippen LogP contribution in [0.3, 0.4) is 0 Å². The van der Waals surface area contributed by atoms with Gasteiger partial charge in [0.1, 0.15) is 0 Å². The van der Waals surface area contributed by atoms with Crippen LogP contribution < -0.4 is 10.6 Å². The van der Waals surface area contributed by atoms with Crippen molar-refractivity contribution in [2.75, 3.05) is 0 Å². The van der Waals surface area contributed by atoms with Gasteiger partial charge in [-0.1, -0.05) is 33.9 Å². The maximum Gasteiger partial charge on any atom is 0.243 e. The van der Waals surface area contributed by atoms with Gasteiger partial charge >= 0.3 is 0 Å². The fraction of sp³-hybridized carbons (Fsp3) is 0.667. The van der Waals surface area contributed by atoms with Gasteiger partial charge in [-0.05, 0) is 58.6 Å². The quantitative estimate of drug-likeness (QED) is 0.780. The van der Waals surface area contributed by atoms with Crippen molar-refractivity contribution in [1.29, 1.82) is 0 Å². The van der Waals surface area contributed by atoms with E-state index < -0.39 is 0 Å². The smallest absolute Gasteiger partial charge is 0.243 e. The lowest BCUT2D eigenvalue weighted by molar-refractivity contribution is -0.119. The molecule has 0 saturated carbocycles. The predicted molar refractivity (Wildman–Crippen MR) is 94.6 cm³/mol. The summed E-state index contributed by atoms with van der Waals surface area (Å²) in [6.45, 7) is 23.1. The molecule has 128 valence electrons. The fourth-order valence-electron chi connectivity index (χ4n) is 2.18. The standard InChI is InChI=1S/C11H21NO.C7H13NO/c1-7-9(13)12-11(5,6)8-10(2,3)4;1-5-6(9)8-7(2,3)4/h7H,1,8H2,2-6H3,(H,12,13);5H,1H2,2-4H3,(H,8,9). The highest BCUT2D eigenvalue weighted by Gasteiger charge is 2.25. The second-order valence-corrected chi connectivity index (χ2v) is 8.26. The van der Waals surface area contributed by atoms with Crippen LogP contribution in [0.15, 0.2) is 25.3 Å². The summed E-state index contributed by atoms with van der Waals surface area (Å²) < 4.78 is 0. The minimum Gasteiger partial charge on any atom is -0.348 e. The largest absolute Gasteiger partial charge is 0.348 e. The van der Waals surface area contributed by atoms with E-state index in [1.54, 1.807) is 0 Å². The predicted octanol–water partition coefficient (Wildman–Crippen LogP) is 3.59. The number of carbonyl (C=O) groups is 2. The topological polar surface area (TPSA) is 58.2 Å². The summed E-state index contributed by atoms with van der Waals surface area (Å²) >= 11 is 0. The Labute approximate surface area is 136 Å². The summed E-state index contributed by atoms with van der Waals surface area (Å²) in [6, 6.07) is 0. The zero-order chi connectivity index (χ0) is 18.2. The van der Waals surface area contributed by atoms with Crippen molar-refractivity contribution in [3.63, 3.8) is 0 Å². The molecule has 0 heterocycles. The lowest BCUT2D eigenvalue weighted by Gasteiger charge is -2.32. The number of amides is 2. The van der Waals surface area contributed by atoms with E-state index in [9.17, 15) is 9.59 Å². The molecule has 0 aliphatic rings. The molecule has 0 spiro atoms. The molecule has 0 bridgehead atoms. The molecule has 2 amide bonds. The van der Waals surface area contributed by atoms with E-state index >= 15 is 0 Å². The molecular formula is C18H34N2O2. The molecule has 0 aliphatic heterocycles. The SMILES string of the molecule is C=CC(=O)NC(C)(C)C.C=CC(=O)NC(C)(C)CC(C)(C)C. The average Bonchev–Trinajstić information content (AvgIpc) is 2.23. The molecule has 0 fully saturated rings. The van der Waals surface area contributed by atoms with Crippen LogP contribution in [-0.4, -0.2) is 22.9 Å². The van der Waals surface area contributed by atoms with Crippen molar-refractivity contribution in [3.8, 4) is 0 Å². The highest BCUT2D eigenvalue weighted by Crippen LogP contribution is 2.26. The zero-order valence-electron chi connectivity index (χ0n) is 15.6. The summed E-state index contributed by atoms with van der Waals surface area (Å²) in [4.78, 5) is 21.7. The zero-order valence-corrected chi connectivity index (χ0v) is 15.6. The normalized spacial score (nSPS) is 11.6. The van der Waals surface area contributed by atoms with Gasteiger partial charge in [-0.15, -0.1) is 0 Å². The molecule has 22 heavy (non-hydrogen) atoms. The molecular weight excluding hydrogens is 276 g/mol. The molecule has 4 heteroatoms. The van der Waals surface area contributed by atoms with Gasteiger partial charge in [0.2, 0.25) is 11.8 Å². The molecule has 0 aromatic heterocycles. The number of carbonyl (C=O) groups excluding carboxylic acids is 2. The number of hydrogen-bond donors (Lipinski definition) is 2. The minimum absolute atomic E-state index is 0.103. The fourth-order valence-corrected chi connectivity index (χ4v) is 2.18. The number of rotatable bonds is 4. The monoisotopic (exact) mass is 310 g/mol. The lowest BCUT2D eigenvalue weighted by Crippen LogP contribution is -2.45. The summed E-state index contributed by atoms with van der Waals surface area (Å²) in [6.07, 6.45) is 3.52. The summed E-state index contributed by atoms with van der Waals surface area (Å²) in [7, 11) is 0. The molecule has 0 atom stereocenters. The van der Waals surface area contributed by atoms with Crippen molar-refractivity contribution < 1.29 is 9.59 Å². The van der Waals surface area contributed by atoms with Gasteiger partial charge < -0.3 is 10.6 Å². The van der Waals surface area contributed by atoms with Gasteiger partial charge in [-0.25, -0.2) is 0 Å². The van der Waals surface area contributed by atoms with Gasteiger partial charge in [0.25, 0.3) is 0 Å². The van der Waals surface area contributed by atoms with Crippen LogP contribution in [0.25, 0.3) is 0 Å². The highest BCUT2D eigenvalue weighted by atomic mass is 16.2. The van der Waals surface area contributed by atoms with Gasteiger partial charge in [0.05, 0.1) is 0 Å². The Bertz CT molecular complexity index is 396. The van der Waals surface area contributed by atoms with Crippen LogP contribution in [0.5, 0.6) is 0 Å². The summed E-state index contributed by atoms with van der Waals surface area (Å²) in [5, 5.41) is 5.62. The van der Waals surface area contributed by atoms with Gasteiger partial charge in [-0.2, -0.15) is 0 Å². The highest BCUT2D eigenvalue weighted by molar-refractivity contribution is 5.87. The number of hydrogen-bond acceptors (Lipinski definition) is 2. The van der Waals surface area contributed by atoms with Gasteiger partial charge in [0, 0.05) is 11.1 Å². The lowest BCUT2D eigenvalue weighted by atomic mass is 9.82. The number of nitrogens with one attached hydrogen (secondary N) is 2. The maximum atomic E-state index is 11.1. The Hall–Kier alpha value is -1.58. The molecule has 0 unspecified atom stereocenters. The first-order valence-corrected chi connectivity index (χ1v) is 7.51.